The van der Waals surface area contributed by atoms with Gasteiger partial charge in [0.2, 0.25) is 5.71 Å². The number of aryl methyl sites for hydroxylation is 2. The van der Waals surface area contributed by atoms with Crippen LogP contribution in [0.25, 0.3) is 55.7 Å². The molecule has 0 amide bonds. The molecule has 0 saturated heterocycles. The van der Waals surface area contributed by atoms with E-state index in [1.807, 2.05) is 90.5 Å². The van der Waals surface area contributed by atoms with Gasteiger partial charge in [0.15, 0.2) is 0 Å². The van der Waals surface area contributed by atoms with Crippen molar-refractivity contribution in [1.29, 1.82) is 0 Å². The zero-order valence-corrected chi connectivity index (χ0v) is 22.2. The molecule has 3 aromatic carbocycles. The van der Waals surface area contributed by atoms with Crippen molar-refractivity contribution in [3.05, 3.63) is 115 Å². The Morgan fingerprint density at radius 3 is 2.49 bits per heavy atom. The summed E-state index contributed by atoms with van der Waals surface area (Å²) in [5.41, 5.74) is 5.55. The van der Waals surface area contributed by atoms with Gasteiger partial charge in [-0.15, -0.1) is 54.1 Å². The first-order valence-corrected chi connectivity index (χ1v) is 11.4. The molecule has 0 saturated carbocycles. The first-order chi connectivity index (χ1) is 18.9. The number of hydrogen-bond donors (Lipinski definition) is 0. The fourth-order valence-electron chi connectivity index (χ4n) is 4.23. The van der Waals surface area contributed by atoms with E-state index in [1.165, 1.54) is 6.07 Å². The second kappa shape index (κ2) is 10.5. The molecule has 1 radical (unpaired) electrons. The molecule has 0 aliphatic heterocycles. The molecule has 4 heterocycles. The van der Waals surface area contributed by atoms with E-state index in [0.29, 0.717) is 11.3 Å². The number of hydrogen-bond acceptors (Lipinski definition) is 4. The molecule has 5 nitrogen and oxygen atoms in total. The third-order valence-corrected chi connectivity index (χ3v) is 5.96. The van der Waals surface area contributed by atoms with Crippen LogP contribution < -0.4 is 0 Å². The second-order valence-electron chi connectivity index (χ2n) is 8.22. The summed E-state index contributed by atoms with van der Waals surface area (Å²) in [7, 11) is 1.95. The predicted octanol–water partition coefficient (Wildman–Crippen LogP) is 7.19. The monoisotopic (exact) mass is 662 g/mol. The van der Waals surface area contributed by atoms with Gasteiger partial charge in [-0.05, 0) is 42.9 Å². The van der Waals surface area contributed by atoms with Gasteiger partial charge in [-0.25, -0.2) is 4.98 Å². The second-order valence-corrected chi connectivity index (χ2v) is 8.22. The Hall–Kier alpha value is -4.12. The van der Waals surface area contributed by atoms with Gasteiger partial charge in [-0.2, -0.15) is 0 Å². The van der Waals surface area contributed by atoms with Crippen LogP contribution in [0.5, 0.6) is 0 Å². The van der Waals surface area contributed by atoms with E-state index < -0.39 is 6.85 Å². The van der Waals surface area contributed by atoms with Gasteiger partial charge in [0.05, 0.1) is 22.4 Å². The summed E-state index contributed by atoms with van der Waals surface area (Å²) in [6, 6.07) is 34.9. The molecule has 0 atom stereocenters. The molecule has 0 fully saturated rings. The molecule has 37 heavy (non-hydrogen) atoms. The van der Waals surface area contributed by atoms with Crippen LogP contribution in [-0.2, 0) is 27.2 Å². The largest absolute Gasteiger partial charge is 0.486 e. The summed E-state index contributed by atoms with van der Waals surface area (Å²) in [6.45, 7) is -2.28. The molecule has 0 N–H and O–H groups in total. The van der Waals surface area contributed by atoms with Crippen molar-refractivity contribution in [2.24, 2.45) is 7.05 Å². The molecule has 7 rings (SSSR count). The van der Waals surface area contributed by atoms with Crippen LogP contribution in [0.1, 0.15) is 9.81 Å². The number of imidazole rings is 1. The summed E-state index contributed by atoms with van der Waals surface area (Å²) in [4.78, 5) is 13.2. The van der Waals surface area contributed by atoms with E-state index >= 15 is 0 Å². The van der Waals surface area contributed by atoms with Crippen LogP contribution in [-0.4, -0.2) is 19.5 Å². The van der Waals surface area contributed by atoms with Crippen LogP contribution in [0.15, 0.2) is 102 Å². The standard InChI is InChI=1S/C20H14N3O.C11H8N.Ir/c1-12-10-11-14-13-6-5-7-15(18(13)24-20(14)21-12)19-22-16-8-3-4-9-17(16)23(19)2;1-2-6-10(7-3-1)11-8-4-5-9-12-11;/h3-6,8-11H,1-2H3;1-6,8-9H;/q2*-1;/i1D3;;. The number of fused-ring (bicyclic) bond motifs is 4. The van der Waals surface area contributed by atoms with Gasteiger partial charge in [0.1, 0.15) is 0 Å². The summed E-state index contributed by atoms with van der Waals surface area (Å²) in [5, 5.41) is 1.63. The van der Waals surface area contributed by atoms with Gasteiger partial charge < -0.3 is 14.0 Å². The van der Waals surface area contributed by atoms with Crippen molar-refractivity contribution in [2.45, 2.75) is 6.85 Å². The van der Waals surface area contributed by atoms with Crippen molar-refractivity contribution >= 4 is 33.1 Å². The van der Waals surface area contributed by atoms with Gasteiger partial charge in [-0.1, -0.05) is 35.2 Å². The molecular weight excluding hydrogens is 637 g/mol. The van der Waals surface area contributed by atoms with Crippen molar-refractivity contribution in [2.75, 3.05) is 0 Å². The number of pyridine rings is 2. The number of furan rings is 1. The molecule has 0 spiro atoms. The van der Waals surface area contributed by atoms with E-state index in [9.17, 15) is 0 Å². The molecular formula is C31H22IrN4O-2. The number of benzene rings is 3. The fraction of sp³-hybridized carbons (Fsp3) is 0.0645. The zero-order valence-electron chi connectivity index (χ0n) is 22.8. The third kappa shape index (κ3) is 4.69. The van der Waals surface area contributed by atoms with Crippen molar-refractivity contribution in [1.82, 2.24) is 19.5 Å². The minimum Gasteiger partial charge on any atom is -0.486 e. The van der Waals surface area contributed by atoms with E-state index in [4.69, 9.17) is 13.5 Å². The fourth-order valence-corrected chi connectivity index (χ4v) is 4.23. The Bertz CT molecular complexity index is 1880. The number of rotatable bonds is 2. The van der Waals surface area contributed by atoms with E-state index in [1.54, 1.807) is 12.3 Å². The molecule has 4 aromatic heterocycles. The molecule has 0 unspecified atom stereocenters. The van der Waals surface area contributed by atoms with Crippen molar-refractivity contribution in [3.8, 4) is 22.6 Å². The smallest absolute Gasteiger partial charge is 0.216 e. The Kier molecular flexibility index (Phi) is 5.95. The van der Waals surface area contributed by atoms with Crippen LogP contribution in [0.3, 0.4) is 0 Å². The van der Waals surface area contributed by atoms with Gasteiger partial charge in [-0.3, -0.25) is 4.98 Å². The van der Waals surface area contributed by atoms with Crippen LogP contribution in [0.4, 0.5) is 0 Å². The van der Waals surface area contributed by atoms with E-state index in [0.717, 1.165) is 44.5 Å². The maximum absolute atomic E-state index is 7.56. The minimum absolute atomic E-state index is 0. The van der Waals surface area contributed by atoms with Crippen LogP contribution in [0.2, 0.25) is 0 Å². The zero-order chi connectivity index (χ0) is 27.0. The summed E-state index contributed by atoms with van der Waals surface area (Å²) < 4.78 is 30.7. The Morgan fingerprint density at radius 2 is 1.70 bits per heavy atom. The number of aromatic nitrogens is 4. The molecule has 7 aromatic rings. The predicted molar refractivity (Wildman–Crippen MR) is 143 cm³/mol. The third-order valence-electron chi connectivity index (χ3n) is 5.96. The maximum Gasteiger partial charge on any atom is 0.216 e. The first kappa shape index (κ1) is 21.0. The Labute approximate surface area is 232 Å². The quantitative estimate of drug-likeness (QED) is 0.184. The SMILES string of the molecule is [2H]C([2H])([2H])c1ccc2c(n1)oc1c(-c3nc4ccccc4n3C)[c-]ccc12.[Ir].[c-]1ccccc1-c1ccccn1. The Balaban J connectivity index is 0.000000209. The van der Waals surface area contributed by atoms with Gasteiger partial charge in [0, 0.05) is 48.5 Å². The number of nitrogens with zero attached hydrogens (tertiary/aromatic N) is 4. The Morgan fingerprint density at radius 1 is 0.838 bits per heavy atom. The normalized spacial score (nSPS) is 12.3. The summed E-state index contributed by atoms with van der Waals surface area (Å²) in [5.74, 6) is 0.733. The molecule has 0 aliphatic carbocycles. The van der Waals surface area contributed by atoms with Gasteiger partial charge >= 0.3 is 0 Å². The van der Waals surface area contributed by atoms with Crippen LogP contribution >= 0.6 is 0 Å². The van der Waals surface area contributed by atoms with Crippen molar-refractivity contribution in [3.63, 3.8) is 0 Å². The van der Waals surface area contributed by atoms with Crippen molar-refractivity contribution < 1.29 is 28.6 Å². The van der Waals surface area contributed by atoms with Gasteiger partial charge in [0.25, 0.3) is 0 Å². The average Bonchev–Trinajstić information content (AvgIpc) is 3.51. The minimum atomic E-state index is -2.28. The summed E-state index contributed by atoms with van der Waals surface area (Å²) >= 11 is 0. The first-order valence-electron chi connectivity index (χ1n) is 12.9. The topological polar surface area (TPSA) is 56.7 Å². The number of para-hydroxylation sites is 2. The van der Waals surface area contributed by atoms with E-state index in [2.05, 4.69) is 22.1 Å². The molecule has 0 bridgehead atoms. The van der Waals surface area contributed by atoms with E-state index in [-0.39, 0.29) is 25.8 Å². The molecule has 0 aliphatic rings. The average molecular weight is 662 g/mol. The van der Waals surface area contributed by atoms with Crippen LogP contribution in [0, 0.1) is 19.0 Å². The molecule has 183 valence electrons. The maximum atomic E-state index is 7.56. The molecule has 6 heteroatoms. The summed E-state index contributed by atoms with van der Waals surface area (Å²) in [6.07, 6.45) is 1.79.